The molecular formula is C19H18ClN3O2S. The summed E-state index contributed by atoms with van der Waals surface area (Å²) in [6.45, 7) is 2.93. The van der Waals surface area contributed by atoms with Gasteiger partial charge in [0.05, 0.1) is 6.61 Å². The highest BCUT2D eigenvalue weighted by Crippen LogP contribution is 2.35. The normalized spacial score (nSPS) is 13.3. The molecule has 1 aromatic heterocycles. The van der Waals surface area contributed by atoms with E-state index in [0.717, 1.165) is 34.7 Å². The Morgan fingerprint density at radius 3 is 2.88 bits per heavy atom. The molecule has 134 valence electrons. The van der Waals surface area contributed by atoms with E-state index < -0.39 is 0 Å². The summed E-state index contributed by atoms with van der Waals surface area (Å²) in [5.74, 6) is 2.31. The van der Waals surface area contributed by atoms with Crippen LogP contribution in [0.2, 0.25) is 5.02 Å². The van der Waals surface area contributed by atoms with Gasteiger partial charge in [-0.3, -0.25) is 5.10 Å². The van der Waals surface area contributed by atoms with Gasteiger partial charge in [0.25, 0.3) is 0 Å². The Balaban J connectivity index is 1.49. The lowest BCUT2D eigenvalue weighted by molar-refractivity contribution is -0.0168. The molecule has 0 amide bonds. The van der Waals surface area contributed by atoms with Crippen molar-refractivity contribution in [1.82, 2.24) is 15.2 Å². The van der Waals surface area contributed by atoms with Gasteiger partial charge in [0, 0.05) is 27.5 Å². The topological polar surface area (TPSA) is 60.0 Å². The zero-order valence-electron chi connectivity index (χ0n) is 14.3. The number of hydrogen-bond donors (Lipinski definition) is 1. The van der Waals surface area contributed by atoms with Crippen LogP contribution < -0.4 is 4.74 Å². The fourth-order valence-corrected chi connectivity index (χ4v) is 3.87. The summed E-state index contributed by atoms with van der Waals surface area (Å²) in [7, 11) is 0. The first-order chi connectivity index (χ1) is 12.7. The molecule has 0 aliphatic carbocycles. The quantitative estimate of drug-likeness (QED) is 0.634. The molecule has 0 bridgehead atoms. The summed E-state index contributed by atoms with van der Waals surface area (Å²) < 4.78 is 11.0. The number of rotatable bonds is 5. The summed E-state index contributed by atoms with van der Waals surface area (Å²) in [5.41, 5.74) is 4.34. The molecule has 5 nitrogen and oxygen atoms in total. The van der Waals surface area contributed by atoms with Crippen molar-refractivity contribution in [3.05, 3.63) is 58.1 Å². The number of thioether (sulfide) groups is 1. The third-order valence-electron chi connectivity index (χ3n) is 4.21. The van der Waals surface area contributed by atoms with E-state index in [1.807, 2.05) is 12.1 Å². The SMILES string of the molecule is CCc1ccc(-c2nc(SCc3cc(Cl)cc4c3OCOC4)n[nH]2)cc1. The molecule has 0 spiro atoms. The minimum atomic E-state index is 0.269. The average molecular weight is 388 g/mol. The van der Waals surface area contributed by atoms with E-state index in [9.17, 15) is 0 Å². The first-order valence-electron chi connectivity index (χ1n) is 8.39. The molecule has 0 unspecified atom stereocenters. The van der Waals surface area contributed by atoms with Gasteiger partial charge in [0.1, 0.15) is 5.75 Å². The number of H-pyrrole nitrogens is 1. The number of hydrogen-bond acceptors (Lipinski definition) is 5. The van der Waals surface area contributed by atoms with E-state index in [-0.39, 0.29) is 6.79 Å². The van der Waals surface area contributed by atoms with Crippen LogP contribution in [-0.4, -0.2) is 22.0 Å². The van der Waals surface area contributed by atoms with Crippen LogP contribution in [0.25, 0.3) is 11.4 Å². The van der Waals surface area contributed by atoms with E-state index in [1.165, 1.54) is 5.56 Å². The molecule has 0 saturated carbocycles. The maximum Gasteiger partial charge on any atom is 0.209 e. The maximum absolute atomic E-state index is 6.21. The second kappa shape index (κ2) is 7.70. The Kier molecular flexibility index (Phi) is 5.15. The van der Waals surface area contributed by atoms with Crippen molar-refractivity contribution in [2.45, 2.75) is 30.9 Å². The molecule has 4 rings (SSSR count). The Morgan fingerprint density at radius 2 is 2.08 bits per heavy atom. The van der Waals surface area contributed by atoms with Crippen LogP contribution in [0.4, 0.5) is 0 Å². The highest BCUT2D eigenvalue weighted by molar-refractivity contribution is 7.98. The predicted molar refractivity (Wildman–Crippen MR) is 102 cm³/mol. The van der Waals surface area contributed by atoms with Gasteiger partial charge in [-0.25, -0.2) is 4.98 Å². The molecule has 0 fully saturated rings. The second-order valence-electron chi connectivity index (χ2n) is 5.97. The molecule has 26 heavy (non-hydrogen) atoms. The lowest BCUT2D eigenvalue weighted by Crippen LogP contribution is -2.12. The Bertz CT molecular complexity index is 912. The van der Waals surface area contributed by atoms with Gasteiger partial charge >= 0.3 is 0 Å². The van der Waals surface area contributed by atoms with Crippen molar-refractivity contribution in [2.24, 2.45) is 0 Å². The van der Waals surface area contributed by atoms with Crippen LogP contribution in [0, 0.1) is 0 Å². The molecular weight excluding hydrogens is 370 g/mol. The lowest BCUT2D eigenvalue weighted by atomic mass is 10.1. The molecule has 0 saturated heterocycles. The number of aromatic nitrogens is 3. The number of aryl methyl sites for hydroxylation is 1. The molecule has 7 heteroatoms. The summed E-state index contributed by atoms with van der Waals surface area (Å²) in [5, 5.41) is 8.70. The monoisotopic (exact) mass is 387 g/mol. The molecule has 1 aliphatic rings. The van der Waals surface area contributed by atoms with Crippen LogP contribution in [0.3, 0.4) is 0 Å². The molecule has 0 radical (unpaired) electrons. The first-order valence-corrected chi connectivity index (χ1v) is 9.75. The van der Waals surface area contributed by atoms with Gasteiger partial charge in [-0.2, -0.15) is 0 Å². The van der Waals surface area contributed by atoms with Crippen LogP contribution >= 0.6 is 23.4 Å². The van der Waals surface area contributed by atoms with Crippen LogP contribution in [0.1, 0.15) is 23.6 Å². The van der Waals surface area contributed by atoms with Crippen LogP contribution in [-0.2, 0) is 23.5 Å². The van der Waals surface area contributed by atoms with E-state index >= 15 is 0 Å². The maximum atomic E-state index is 6.21. The van der Waals surface area contributed by atoms with Gasteiger partial charge in [-0.1, -0.05) is 54.6 Å². The zero-order valence-corrected chi connectivity index (χ0v) is 15.9. The fourth-order valence-electron chi connectivity index (χ4n) is 2.84. The zero-order chi connectivity index (χ0) is 17.9. The third kappa shape index (κ3) is 3.72. The number of nitrogens with zero attached hydrogens (tertiary/aromatic N) is 2. The smallest absolute Gasteiger partial charge is 0.209 e. The predicted octanol–water partition coefficient (Wildman–Crippen LogP) is 4.85. The highest BCUT2D eigenvalue weighted by Gasteiger charge is 2.17. The van der Waals surface area contributed by atoms with Crippen LogP contribution in [0.5, 0.6) is 5.75 Å². The highest BCUT2D eigenvalue weighted by atomic mass is 35.5. The first kappa shape index (κ1) is 17.4. The fraction of sp³-hybridized carbons (Fsp3) is 0.263. The Labute approximate surface area is 161 Å². The molecule has 1 N–H and O–H groups in total. The van der Waals surface area contributed by atoms with Crippen molar-refractivity contribution in [1.29, 1.82) is 0 Å². The van der Waals surface area contributed by atoms with Crippen molar-refractivity contribution in [3.8, 4) is 17.1 Å². The largest absolute Gasteiger partial charge is 0.467 e. The van der Waals surface area contributed by atoms with Crippen molar-refractivity contribution in [2.75, 3.05) is 6.79 Å². The molecule has 3 aromatic rings. The minimum Gasteiger partial charge on any atom is -0.467 e. The van der Waals surface area contributed by atoms with Gasteiger partial charge in [0.15, 0.2) is 12.6 Å². The number of aromatic amines is 1. The number of nitrogens with one attached hydrogen (secondary N) is 1. The van der Waals surface area contributed by atoms with E-state index in [1.54, 1.807) is 11.8 Å². The average Bonchev–Trinajstić information content (AvgIpc) is 3.15. The third-order valence-corrected chi connectivity index (χ3v) is 5.32. The molecule has 2 aromatic carbocycles. The lowest BCUT2D eigenvalue weighted by Gasteiger charge is -2.20. The Hall–Kier alpha value is -2.02. The molecule has 0 atom stereocenters. The molecule has 2 heterocycles. The summed E-state index contributed by atoms with van der Waals surface area (Å²) in [4.78, 5) is 4.58. The van der Waals surface area contributed by atoms with E-state index in [0.29, 0.717) is 22.5 Å². The number of benzene rings is 2. The number of halogens is 1. The minimum absolute atomic E-state index is 0.269. The second-order valence-corrected chi connectivity index (χ2v) is 7.35. The van der Waals surface area contributed by atoms with E-state index in [2.05, 4.69) is 46.4 Å². The van der Waals surface area contributed by atoms with Gasteiger partial charge < -0.3 is 9.47 Å². The van der Waals surface area contributed by atoms with Crippen LogP contribution in [0.15, 0.2) is 41.6 Å². The number of ether oxygens (including phenoxy) is 2. The van der Waals surface area contributed by atoms with Crippen molar-refractivity contribution >= 4 is 23.4 Å². The molecule has 1 aliphatic heterocycles. The van der Waals surface area contributed by atoms with Crippen molar-refractivity contribution < 1.29 is 9.47 Å². The van der Waals surface area contributed by atoms with Gasteiger partial charge in [-0.05, 0) is 24.1 Å². The summed E-state index contributed by atoms with van der Waals surface area (Å²) >= 11 is 7.76. The van der Waals surface area contributed by atoms with E-state index in [4.69, 9.17) is 21.1 Å². The number of fused-ring (bicyclic) bond motifs is 1. The van der Waals surface area contributed by atoms with Gasteiger partial charge in [-0.15, -0.1) is 5.10 Å². The Morgan fingerprint density at radius 1 is 1.23 bits per heavy atom. The summed E-state index contributed by atoms with van der Waals surface area (Å²) in [6.07, 6.45) is 1.02. The van der Waals surface area contributed by atoms with Gasteiger partial charge in [0.2, 0.25) is 5.16 Å². The standard InChI is InChI=1S/C19H18ClN3O2S/c1-2-12-3-5-13(6-4-12)18-21-19(23-22-18)26-10-15-8-16(20)7-14-9-24-11-25-17(14)15/h3-8H,2,9-11H2,1H3,(H,21,22,23). The van der Waals surface area contributed by atoms with Crippen molar-refractivity contribution in [3.63, 3.8) is 0 Å². The summed E-state index contributed by atoms with van der Waals surface area (Å²) in [6, 6.07) is 12.2.